The van der Waals surface area contributed by atoms with Gasteiger partial charge in [-0.05, 0) is 91.9 Å². The van der Waals surface area contributed by atoms with E-state index in [1.54, 1.807) is 0 Å². The number of ether oxygens (including phenoxy) is 2. The topological polar surface area (TPSA) is 41.9 Å². The number of aliphatic hydroxyl groups is 1. The maximum Gasteiger partial charge on any atom is 0.161 e. The van der Waals surface area contributed by atoms with Gasteiger partial charge in [0, 0.05) is 19.1 Å². The maximum atomic E-state index is 10.9. The molecule has 1 aromatic rings. The van der Waals surface area contributed by atoms with Crippen LogP contribution in [-0.4, -0.2) is 42.4 Å². The molecule has 2 heterocycles. The maximum absolute atomic E-state index is 10.9. The SMILES string of the molecule is CC(C)CC1CN2CCc3cc(OCC4CC4)c(OCC4CC4)cc3C2CC1O. The molecule has 29 heavy (non-hydrogen) atoms. The van der Waals surface area contributed by atoms with E-state index in [1.165, 1.54) is 36.8 Å². The highest BCUT2D eigenvalue weighted by molar-refractivity contribution is 5.50. The van der Waals surface area contributed by atoms with Crippen LogP contribution in [0.3, 0.4) is 0 Å². The second-order valence-corrected chi connectivity index (χ2v) is 10.5. The average molecular weight is 400 g/mol. The van der Waals surface area contributed by atoms with E-state index in [0.29, 0.717) is 17.9 Å². The van der Waals surface area contributed by atoms with Crippen molar-refractivity contribution in [3.05, 3.63) is 23.3 Å². The molecule has 3 atom stereocenters. The Morgan fingerprint density at radius 1 is 1.03 bits per heavy atom. The van der Waals surface area contributed by atoms with Crippen LogP contribution in [0.1, 0.15) is 69.5 Å². The van der Waals surface area contributed by atoms with Gasteiger partial charge in [-0.25, -0.2) is 0 Å². The van der Waals surface area contributed by atoms with Crippen molar-refractivity contribution < 1.29 is 14.6 Å². The number of hydrogen-bond acceptors (Lipinski definition) is 4. The Morgan fingerprint density at radius 3 is 2.31 bits per heavy atom. The molecule has 5 rings (SSSR count). The number of benzene rings is 1. The van der Waals surface area contributed by atoms with Gasteiger partial charge in [0.15, 0.2) is 11.5 Å². The van der Waals surface area contributed by atoms with Gasteiger partial charge in [0.25, 0.3) is 0 Å². The van der Waals surface area contributed by atoms with Crippen molar-refractivity contribution in [2.75, 3.05) is 26.3 Å². The van der Waals surface area contributed by atoms with Gasteiger partial charge in [-0.1, -0.05) is 13.8 Å². The molecule has 2 saturated carbocycles. The minimum atomic E-state index is -0.203. The monoisotopic (exact) mass is 399 g/mol. The van der Waals surface area contributed by atoms with E-state index in [1.807, 2.05) is 0 Å². The van der Waals surface area contributed by atoms with Gasteiger partial charge in [0.1, 0.15) is 0 Å². The quantitative estimate of drug-likeness (QED) is 0.694. The first-order valence-electron chi connectivity index (χ1n) is 11.9. The van der Waals surface area contributed by atoms with Gasteiger partial charge in [-0.2, -0.15) is 0 Å². The summed E-state index contributed by atoms with van der Waals surface area (Å²) in [6, 6.07) is 4.83. The Bertz CT molecular complexity index is 725. The molecule has 1 aromatic carbocycles. The molecule has 4 heteroatoms. The van der Waals surface area contributed by atoms with Gasteiger partial charge >= 0.3 is 0 Å². The third-order valence-electron chi connectivity index (χ3n) is 7.27. The van der Waals surface area contributed by atoms with Gasteiger partial charge in [0.05, 0.1) is 19.3 Å². The van der Waals surface area contributed by atoms with Crippen molar-refractivity contribution in [2.45, 2.75) is 70.9 Å². The number of piperidine rings is 1. The van der Waals surface area contributed by atoms with E-state index in [2.05, 4.69) is 30.9 Å². The molecule has 0 bridgehead atoms. The summed E-state index contributed by atoms with van der Waals surface area (Å²) >= 11 is 0. The number of fused-ring (bicyclic) bond motifs is 3. The number of hydrogen-bond donors (Lipinski definition) is 1. The van der Waals surface area contributed by atoms with Crippen LogP contribution in [0.15, 0.2) is 12.1 Å². The first-order valence-corrected chi connectivity index (χ1v) is 11.9. The molecule has 4 aliphatic rings. The van der Waals surface area contributed by atoms with Crippen LogP contribution >= 0.6 is 0 Å². The second-order valence-electron chi connectivity index (χ2n) is 10.5. The minimum absolute atomic E-state index is 0.203. The van der Waals surface area contributed by atoms with Crippen LogP contribution in [0.4, 0.5) is 0 Å². The largest absolute Gasteiger partial charge is 0.489 e. The lowest BCUT2D eigenvalue weighted by molar-refractivity contribution is -0.0192. The lowest BCUT2D eigenvalue weighted by atomic mass is 9.79. The molecular formula is C25H37NO3. The van der Waals surface area contributed by atoms with Crippen LogP contribution in [-0.2, 0) is 6.42 Å². The van der Waals surface area contributed by atoms with Crippen molar-refractivity contribution >= 4 is 0 Å². The number of rotatable bonds is 8. The van der Waals surface area contributed by atoms with E-state index in [4.69, 9.17) is 9.47 Å². The van der Waals surface area contributed by atoms with Gasteiger partial charge in [-0.3, -0.25) is 4.90 Å². The van der Waals surface area contributed by atoms with E-state index in [0.717, 1.165) is 68.9 Å². The summed E-state index contributed by atoms with van der Waals surface area (Å²) in [7, 11) is 0. The van der Waals surface area contributed by atoms with Crippen LogP contribution in [0, 0.1) is 23.7 Å². The molecular weight excluding hydrogens is 362 g/mol. The smallest absolute Gasteiger partial charge is 0.161 e. The zero-order valence-corrected chi connectivity index (χ0v) is 18.1. The Hall–Kier alpha value is -1.26. The molecule has 0 amide bonds. The average Bonchev–Trinajstić information content (AvgIpc) is 3.60. The van der Waals surface area contributed by atoms with Gasteiger partial charge in [0.2, 0.25) is 0 Å². The highest BCUT2D eigenvalue weighted by atomic mass is 16.5. The fourth-order valence-electron chi connectivity index (χ4n) is 5.15. The summed E-state index contributed by atoms with van der Waals surface area (Å²) in [4.78, 5) is 2.61. The van der Waals surface area contributed by atoms with Gasteiger partial charge < -0.3 is 14.6 Å². The predicted octanol–water partition coefficient (Wildman–Crippen LogP) is 4.59. The molecule has 1 saturated heterocycles. The Labute approximate surface area is 175 Å². The fourth-order valence-corrected chi connectivity index (χ4v) is 5.15. The lowest BCUT2D eigenvalue weighted by Gasteiger charge is -2.46. The molecule has 2 aliphatic carbocycles. The van der Waals surface area contributed by atoms with Crippen LogP contribution in [0.5, 0.6) is 11.5 Å². The van der Waals surface area contributed by atoms with E-state index in [9.17, 15) is 5.11 Å². The summed E-state index contributed by atoms with van der Waals surface area (Å²) in [5.74, 6) is 4.38. The Kier molecular flexibility index (Phi) is 5.51. The predicted molar refractivity (Wildman–Crippen MR) is 114 cm³/mol. The molecule has 3 fully saturated rings. The van der Waals surface area contributed by atoms with Crippen LogP contribution in [0.2, 0.25) is 0 Å². The van der Waals surface area contributed by atoms with Gasteiger partial charge in [-0.15, -0.1) is 0 Å². The first-order chi connectivity index (χ1) is 14.1. The molecule has 160 valence electrons. The third kappa shape index (κ3) is 4.59. The van der Waals surface area contributed by atoms with E-state index < -0.39 is 0 Å². The highest BCUT2D eigenvalue weighted by Crippen LogP contribution is 2.44. The summed E-state index contributed by atoms with van der Waals surface area (Å²) in [6.45, 7) is 8.26. The molecule has 4 nitrogen and oxygen atoms in total. The molecule has 0 aromatic heterocycles. The molecule has 1 N–H and O–H groups in total. The second kappa shape index (κ2) is 8.11. The zero-order valence-electron chi connectivity index (χ0n) is 18.1. The van der Waals surface area contributed by atoms with Crippen molar-refractivity contribution in [3.8, 4) is 11.5 Å². The summed E-state index contributed by atoms with van der Waals surface area (Å²) in [6.07, 6.45) is 8.01. The zero-order chi connectivity index (χ0) is 20.0. The summed E-state index contributed by atoms with van der Waals surface area (Å²) < 4.78 is 12.5. The summed E-state index contributed by atoms with van der Waals surface area (Å²) in [5, 5.41) is 10.9. The molecule has 2 aliphatic heterocycles. The Balaban J connectivity index is 1.37. The number of aliphatic hydroxyl groups excluding tert-OH is 1. The third-order valence-corrected chi connectivity index (χ3v) is 7.27. The standard InChI is InChI=1S/C25H37NO3/c1-16(2)9-20-13-26-8-7-19-10-24(28-14-17-3-4-17)25(29-15-18-5-6-18)11-21(19)22(26)12-23(20)27/h10-11,16-18,20,22-23,27H,3-9,12-15H2,1-2H3. The minimum Gasteiger partial charge on any atom is -0.489 e. The normalized spacial score (nSPS) is 29.4. The molecule has 0 spiro atoms. The Morgan fingerprint density at radius 2 is 1.69 bits per heavy atom. The first kappa shape index (κ1) is 19.7. The van der Waals surface area contributed by atoms with Crippen molar-refractivity contribution in [1.29, 1.82) is 0 Å². The molecule has 3 unspecified atom stereocenters. The molecule has 0 radical (unpaired) electrons. The van der Waals surface area contributed by atoms with E-state index >= 15 is 0 Å². The lowest BCUT2D eigenvalue weighted by Crippen LogP contribution is -2.48. The number of nitrogens with zero attached hydrogens (tertiary/aromatic N) is 1. The van der Waals surface area contributed by atoms with Crippen LogP contribution in [0.25, 0.3) is 0 Å². The van der Waals surface area contributed by atoms with Crippen molar-refractivity contribution in [3.63, 3.8) is 0 Å². The summed E-state index contributed by atoms with van der Waals surface area (Å²) in [5.41, 5.74) is 2.76. The highest BCUT2D eigenvalue weighted by Gasteiger charge is 2.39. The van der Waals surface area contributed by atoms with Crippen molar-refractivity contribution in [2.24, 2.45) is 23.7 Å². The van der Waals surface area contributed by atoms with Crippen LogP contribution < -0.4 is 9.47 Å². The fraction of sp³-hybridized carbons (Fsp3) is 0.760. The van der Waals surface area contributed by atoms with Crippen molar-refractivity contribution in [1.82, 2.24) is 4.90 Å². The van der Waals surface area contributed by atoms with E-state index in [-0.39, 0.29) is 6.10 Å².